The van der Waals surface area contributed by atoms with E-state index in [9.17, 15) is 4.39 Å². The normalized spacial score (nSPS) is 22.3. The van der Waals surface area contributed by atoms with Crippen molar-refractivity contribution in [3.8, 4) is 0 Å². The summed E-state index contributed by atoms with van der Waals surface area (Å²) in [5, 5.41) is 6.55. The molecule has 0 aromatic carbocycles. The number of aromatic nitrogens is 1. The lowest BCUT2D eigenvalue weighted by atomic mass is 10.1. The summed E-state index contributed by atoms with van der Waals surface area (Å²) >= 11 is 2.00. The van der Waals surface area contributed by atoms with E-state index in [0.717, 1.165) is 19.0 Å². The highest BCUT2D eigenvalue weighted by atomic mass is 32.2. The maximum Gasteiger partial charge on any atom is 0.191 e. The quantitative estimate of drug-likeness (QED) is 0.648. The van der Waals surface area contributed by atoms with Crippen molar-refractivity contribution in [3.05, 3.63) is 29.8 Å². The molecule has 116 valence electrons. The van der Waals surface area contributed by atoms with Crippen molar-refractivity contribution in [1.29, 1.82) is 0 Å². The summed E-state index contributed by atoms with van der Waals surface area (Å²) in [5.74, 6) is 1.64. The number of nitrogens with zero attached hydrogens (tertiary/aromatic N) is 2. The molecule has 2 heterocycles. The summed E-state index contributed by atoms with van der Waals surface area (Å²) in [7, 11) is 0. The maximum atomic E-state index is 13.5. The molecule has 21 heavy (non-hydrogen) atoms. The number of pyridine rings is 1. The molecule has 1 saturated heterocycles. The lowest BCUT2D eigenvalue weighted by Gasteiger charge is -2.24. The van der Waals surface area contributed by atoms with E-state index >= 15 is 0 Å². The van der Waals surface area contributed by atoms with Crippen molar-refractivity contribution in [1.82, 2.24) is 15.6 Å². The second kappa shape index (κ2) is 7.64. The molecule has 1 unspecified atom stereocenters. The van der Waals surface area contributed by atoms with E-state index in [1.165, 1.54) is 24.7 Å². The molecule has 0 amide bonds. The van der Waals surface area contributed by atoms with Gasteiger partial charge in [0.15, 0.2) is 5.96 Å². The van der Waals surface area contributed by atoms with E-state index < -0.39 is 0 Å². The predicted molar refractivity (Wildman–Crippen MR) is 87.1 cm³/mol. The third-order valence-corrected chi connectivity index (χ3v) is 5.03. The molecule has 0 radical (unpaired) electrons. The Kier molecular flexibility index (Phi) is 5.85. The molecule has 0 spiro atoms. The summed E-state index contributed by atoms with van der Waals surface area (Å²) in [6.45, 7) is 6.19. The van der Waals surface area contributed by atoms with Crippen LogP contribution < -0.4 is 10.6 Å². The fourth-order valence-corrected chi connectivity index (χ4v) is 3.52. The molecular weight excluding hydrogens is 287 g/mol. The van der Waals surface area contributed by atoms with Crippen LogP contribution in [0.2, 0.25) is 0 Å². The second-order valence-corrected chi connectivity index (χ2v) is 7.07. The van der Waals surface area contributed by atoms with Crippen molar-refractivity contribution in [2.24, 2.45) is 4.99 Å². The second-order valence-electron chi connectivity index (χ2n) is 5.38. The minimum Gasteiger partial charge on any atom is -0.357 e. The summed E-state index contributed by atoms with van der Waals surface area (Å²) < 4.78 is 13.8. The van der Waals surface area contributed by atoms with Gasteiger partial charge in [0.05, 0.1) is 12.2 Å². The Hall–Kier alpha value is -1.30. The molecule has 0 bridgehead atoms. The lowest BCUT2D eigenvalue weighted by Crippen LogP contribution is -2.43. The zero-order valence-corrected chi connectivity index (χ0v) is 13.5. The van der Waals surface area contributed by atoms with Gasteiger partial charge in [-0.1, -0.05) is 0 Å². The highest BCUT2D eigenvalue weighted by Gasteiger charge is 2.29. The smallest absolute Gasteiger partial charge is 0.191 e. The van der Waals surface area contributed by atoms with Gasteiger partial charge in [-0.25, -0.2) is 9.38 Å². The standard InChI is InChI=1S/C15H23FN4S/c1-3-17-14(20-11-15(2)7-5-9-21-15)19-10-13-12(16)6-4-8-18-13/h4,6,8H,3,5,7,9-11H2,1-2H3,(H2,17,19,20). The van der Waals surface area contributed by atoms with E-state index in [4.69, 9.17) is 0 Å². The van der Waals surface area contributed by atoms with Gasteiger partial charge in [0, 0.05) is 24.0 Å². The van der Waals surface area contributed by atoms with Gasteiger partial charge in [0.2, 0.25) is 0 Å². The van der Waals surface area contributed by atoms with Crippen LogP contribution in [0.4, 0.5) is 4.39 Å². The zero-order valence-electron chi connectivity index (χ0n) is 12.7. The van der Waals surface area contributed by atoms with Gasteiger partial charge >= 0.3 is 0 Å². The Labute approximate surface area is 130 Å². The van der Waals surface area contributed by atoms with Crippen LogP contribution in [0.25, 0.3) is 0 Å². The molecule has 6 heteroatoms. The van der Waals surface area contributed by atoms with Crippen LogP contribution in [0.3, 0.4) is 0 Å². The Morgan fingerprint density at radius 1 is 1.52 bits per heavy atom. The van der Waals surface area contributed by atoms with Crippen molar-refractivity contribution >= 4 is 17.7 Å². The van der Waals surface area contributed by atoms with Crippen LogP contribution in [0, 0.1) is 5.82 Å². The minimum absolute atomic E-state index is 0.242. The van der Waals surface area contributed by atoms with Crippen LogP contribution in [0.1, 0.15) is 32.4 Å². The molecule has 2 rings (SSSR count). The van der Waals surface area contributed by atoms with Crippen molar-refractivity contribution < 1.29 is 4.39 Å². The Balaban J connectivity index is 1.94. The predicted octanol–water partition coefficient (Wildman–Crippen LogP) is 2.56. The molecule has 1 aromatic heterocycles. The molecule has 1 atom stereocenters. The van der Waals surface area contributed by atoms with Crippen molar-refractivity contribution in [3.63, 3.8) is 0 Å². The lowest BCUT2D eigenvalue weighted by molar-refractivity contribution is 0.582. The van der Waals surface area contributed by atoms with E-state index in [1.807, 2.05) is 18.7 Å². The van der Waals surface area contributed by atoms with Crippen LogP contribution in [0.15, 0.2) is 23.3 Å². The van der Waals surface area contributed by atoms with Crippen LogP contribution in [0.5, 0.6) is 0 Å². The van der Waals surface area contributed by atoms with Crippen LogP contribution in [-0.2, 0) is 6.54 Å². The number of nitrogens with one attached hydrogen (secondary N) is 2. The zero-order chi connectivity index (χ0) is 15.1. The summed E-state index contributed by atoms with van der Waals surface area (Å²) in [4.78, 5) is 8.44. The van der Waals surface area contributed by atoms with E-state index in [1.54, 1.807) is 12.3 Å². The number of hydrogen-bond donors (Lipinski definition) is 2. The average molecular weight is 310 g/mol. The van der Waals surface area contributed by atoms with Crippen molar-refractivity contribution in [2.75, 3.05) is 18.8 Å². The van der Waals surface area contributed by atoms with E-state index in [0.29, 0.717) is 5.69 Å². The number of guanidine groups is 1. The molecule has 4 nitrogen and oxygen atoms in total. The molecule has 1 aliphatic rings. The van der Waals surface area contributed by atoms with Crippen molar-refractivity contribution in [2.45, 2.75) is 38.0 Å². The fraction of sp³-hybridized carbons (Fsp3) is 0.600. The van der Waals surface area contributed by atoms with E-state index in [-0.39, 0.29) is 17.1 Å². The van der Waals surface area contributed by atoms with Gasteiger partial charge in [-0.3, -0.25) is 4.98 Å². The number of thioether (sulfide) groups is 1. The highest BCUT2D eigenvalue weighted by Crippen LogP contribution is 2.36. The summed E-state index contributed by atoms with van der Waals surface area (Å²) in [6, 6.07) is 3.00. The number of aliphatic imine (C=N–C) groups is 1. The first-order chi connectivity index (χ1) is 10.1. The van der Waals surface area contributed by atoms with Gasteiger partial charge in [-0.15, -0.1) is 0 Å². The van der Waals surface area contributed by atoms with E-state index in [2.05, 4.69) is 27.5 Å². The first-order valence-electron chi connectivity index (χ1n) is 7.38. The third kappa shape index (κ3) is 4.88. The molecule has 1 aliphatic heterocycles. The van der Waals surface area contributed by atoms with Crippen LogP contribution >= 0.6 is 11.8 Å². The maximum absolute atomic E-state index is 13.5. The number of rotatable bonds is 5. The molecule has 1 aromatic rings. The minimum atomic E-state index is -0.310. The molecular formula is C15H23FN4S. The number of hydrogen-bond acceptors (Lipinski definition) is 3. The number of halogens is 1. The molecule has 1 fully saturated rings. The fourth-order valence-electron chi connectivity index (χ4n) is 2.28. The Morgan fingerprint density at radius 3 is 3.05 bits per heavy atom. The first-order valence-corrected chi connectivity index (χ1v) is 8.37. The monoisotopic (exact) mass is 310 g/mol. The first kappa shape index (κ1) is 16.1. The molecule has 0 aliphatic carbocycles. The molecule has 0 saturated carbocycles. The third-order valence-electron chi connectivity index (χ3n) is 3.50. The Bertz CT molecular complexity index is 486. The van der Waals surface area contributed by atoms with Gasteiger partial charge in [0.25, 0.3) is 0 Å². The van der Waals surface area contributed by atoms with Gasteiger partial charge in [0.1, 0.15) is 5.82 Å². The molecule has 2 N–H and O–H groups in total. The summed E-state index contributed by atoms with van der Waals surface area (Å²) in [6.07, 6.45) is 4.08. The van der Waals surface area contributed by atoms with Gasteiger partial charge < -0.3 is 10.6 Å². The Morgan fingerprint density at radius 2 is 2.38 bits per heavy atom. The largest absolute Gasteiger partial charge is 0.357 e. The average Bonchev–Trinajstić information content (AvgIpc) is 2.91. The summed E-state index contributed by atoms with van der Waals surface area (Å²) in [5.41, 5.74) is 0.371. The highest BCUT2D eigenvalue weighted by molar-refractivity contribution is 8.00. The SMILES string of the molecule is CCNC(=NCc1ncccc1F)NCC1(C)CCCS1. The van der Waals surface area contributed by atoms with Gasteiger partial charge in [-0.05, 0) is 44.6 Å². The van der Waals surface area contributed by atoms with Crippen LogP contribution in [-0.4, -0.2) is 34.5 Å². The van der Waals surface area contributed by atoms with Gasteiger partial charge in [-0.2, -0.15) is 11.8 Å². The topological polar surface area (TPSA) is 49.3 Å².